The third kappa shape index (κ3) is 42.9. The van der Waals surface area contributed by atoms with Crippen LogP contribution < -0.4 is 59.1 Å². The average molecular weight is 2010 g/mol. The standard InChI is InChI=1S/C81H124N14O41S2/c1-137-138-34-39(79(133)134)23-49(103)44(12-17-61(115)87-29-53(107)68(123)72(127)57(111)33-99)91-77(131)38(6-18-62(116)117)22-47(101)43(11-16-60(114)86-28-52(106)67(122)71(126)56(110)32-98)90-76(130)37(5-15-59(113)85-27-51(105)66(121)70(125)55(109)31-97)21-48(102)45(13-19-63(118)119)92-75(129)36(4-14-58(112)84-26-50(104)65(120)69(124)54(108)30-96)20-42(100)9-10-46(80(135)136)93-74(128)35-2-7-40(8-3-35)83-24-41-25-88-73-64(89-41)78(132)95-81(82)94-73/h2-3,7-8,25,36-39,43-46,50-57,65-72,83,96-99,104-111,120-127H,4-6,9-24,26-34H2,1H3,(H,84,112)(H,85,113)(H,86,114)(H,87,115)(H,90,130)(H,91,131)(H,92,129)(H,93,128)(H,116,117)(H,118,119)(H,133,134)(H,135,136)(H3,82,88,94,95,132)/t36-,37-,38-,39+,43+,44+,45+,46+,50+,51+,52+,53+,54-,55-,56-,57-,65-,66-,67-,68-,69-,70-,71-,72-/m1/s1. The topological polar surface area (TPSA) is 964 Å². The molecule has 0 saturated carbocycles. The molecule has 36 N–H and O–H groups in total. The van der Waals surface area contributed by atoms with E-state index in [4.69, 9.17) is 5.73 Å². The Hall–Kier alpha value is -10.7. The summed E-state index contributed by atoms with van der Waals surface area (Å²) in [5.41, 5.74) is 5.30. The van der Waals surface area contributed by atoms with Crippen molar-refractivity contribution in [1.29, 1.82) is 0 Å². The molecule has 776 valence electrons. The van der Waals surface area contributed by atoms with Gasteiger partial charge >= 0.3 is 23.9 Å². The van der Waals surface area contributed by atoms with Gasteiger partial charge in [-0.1, -0.05) is 21.6 Å². The summed E-state index contributed by atoms with van der Waals surface area (Å²) in [5.74, 6) is -29.0. The summed E-state index contributed by atoms with van der Waals surface area (Å²) in [6, 6.07) is -2.78. The lowest BCUT2D eigenvalue weighted by Gasteiger charge is -2.27. The first kappa shape index (κ1) is 121. The van der Waals surface area contributed by atoms with Crippen LogP contribution in [0.15, 0.2) is 35.3 Å². The number of rotatable bonds is 72. The van der Waals surface area contributed by atoms with E-state index >= 15 is 14.4 Å². The molecule has 8 amide bonds. The smallest absolute Gasteiger partial charge is 0.326 e. The monoisotopic (exact) mass is 2010 g/mol. The number of hydrogen-bond donors (Lipinski definition) is 35. The van der Waals surface area contributed by atoms with E-state index in [1.807, 2.05) is 0 Å². The molecule has 2 aromatic heterocycles. The van der Waals surface area contributed by atoms with Crippen molar-refractivity contribution in [2.45, 2.75) is 244 Å². The van der Waals surface area contributed by atoms with E-state index in [1.54, 1.807) is 6.26 Å². The van der Waals surface area contributed by atoms with Crippen LogP contribution in [-0.2, 0) is 78.5 Å². The Morgan fingerprint density at radius 3 is 1.09 bits per heavy atom. The van der Waals surface area contributed by atoms with Crippen molar-refractivity contribution in [1.82, 2.24) is 62.5 Å². The van der Waals surface area contributed by atoms with Gasteiger partial charge in [0.2, 0.25) is 47.3 Å². The zero-order valence-electron chi connectivity index (χ0n) is 74.5. The average Bonchev–Trinajstić information content (AvgIpc) is 0.807. The predicted octanol–water partition coefficient (Wildman–Crippen LogP) is -13.2. The third-order valence-electron chi connectivity index (χ3n) is 21.7. The lowest BCUT2D eigenvalue weighted by molar-refractivity contribution is -0.143. The first-order valence-corrected chi connectivity index (χ1v) is 45.8. The summed E-state index contributed by atoms with van der Waals surface area (Å²) in [4.78, 5) is 248. The van der Waals surface area contributed by atoms with E-state index in [9.17, 15) is 190 Å². The number of nitrogen functional groups attached to an aromatic ring is 1. The molecule has 0 saturated heterocycles. The van der Waals surface area contributed by atoms with Crippen LogP contribution in [0.25, 0.3) is 11.2 Å². The van der Waals surface area contributed by atoms with Gasteiger partial charge in [0, 0.05) is 132 Å². The van der Waals surface area contributed by atoms with E-state index in [0.717, 1.165) is 21.6 Å². The Morgan fingerprint density at radius 2 is 0.732 bits per heavy atom. The Balaban J connectivity index is 2.23. The van der Waals surface area contributed by atoms with E-state index in [-0.39, 0.29) is 40.7 Å². The fourth-order valence-corrected chi connectivity index (χ4v) is 14.6. The molecule has 55 nitrogen and oxygen atoms in total. The predicted molar refractivity (Wildman–Crippen MR) is 473 cm³/mol. The minimum absolute atomic E-state index is 0.0149. The van der Waals surface area contributed by atoms with Crippen LogP contribution in [0.5, 0.6) is 0 Å². The zero-order valence-corrected chi connectivity index (χ0v) is 76.1. The molecule has 0 spiro atoms. The van der Waals surface area contributed by atoms with Crippen LogP contribution in [0.2, 0.25) is 0 Å². The van der Waals surface area contributed by atoms with Crippen molar-refractivity contribution >= 4 is 139 Å². The SMILES string of the molecule is CSSC[C@H](CC(=O)[C@H](CCC(=O)NC[C@H](O)[C@@H](O)[C@H](O)[C@H](O)CO)NC(=O)[C@H](CCC(=O)O)CC(=O)[C@H](CCC(=O)NC[C@H](O)[C@@H](O)[C@H](O)[C@H](O)CO)NC(=O)[C@H](CCC(=O)NC[C@H](O)[C@@H](O)[C@H](O)[C@H](O)CO)CC(=O)[C@H](CCC(=O)O)NC(=O)[C@H](CCC(=O)NC[C@H](O)[C@@H](O)[C@H](O)[C@H](O)CO)CC(=O)CC[C@H](NC(=O)c1ccc(NCc2cnc3nc(N)[nH]c(=O)c3n2)cc1)C(=O)O)C(=O)O. The van der Waals surface area contributed by atoms with Crippen molar-refractivity contribution < 1.29 is 199 Å². The van der Waals surface area contributed by atoms with Crippen LogP contribution in [0.4, 0.5) is 11.6 Å². The highest BCUT2D eigenvalue weighted by Gasteiger charge is 2.40. The number of aromatic nitrogens is 4. The van der Waals surface area contributed by atoms with Crippen LogP contribution in [0.1, 0.15) is 132 Å². The van der Waals surface area contributed by atoms with Crippen molar-refractivity contribution in [3.63, 3.8) is 0 Å². The highest BCUT2D eigenvalue weighted by atomic mass is 33.1. The molecule has 57 heteroatoms. The number of carboxylic acid groups (broad SMARTS) is 4. The quantitative estimate of drug-likeness (QED) is 0.0233. The first-order valence-electron chi connectivity index (χ1n) is 43.0. The summed E-state index contributed by atoms with van der Waals surface area (Å²) < 4.78 is 0. The Kier molecular flexibility index (Phi) is 54.9. The van der Waals surface area contributed by atoms with Crippen LogP contribution in [0.3, 0.4) is 0 Å². The molecule has 0 aliphatic carbocycles. The van der Waals surface area contributed by atoms with Gasteiger partial charge in [0.25, 0.3) is 11.5 Å². The molecule has 24 atom stereocenters. The number of anilines is 2. The van der Waals surface area contributed by atoms with Gasteiger partial charge in [-0.05, 0) is 75.5 Å². The van der Waals surface area contributed by atoms with E-state index < -0.39 is 414 Å². The number of nitrogens with one attached hydrogen (secondary N) is 10. The van der Waals surface area contributed by atoms with E-state index in [0.29, 0.717) is 5.69 Å². The van der Waals surface area contributed by atoms with E-state index in [1.165, 1.54) is 30.5 Å². The largest absolute Gasteiger partial charge is 0.481 e. The maximum Gasteiger partial charge on any atom is 0.326 e. The molecule has 0 aliphatic rings. The van der Waals surface area contributed by atoms with Crippen molar-refractivity contribution in [3.8, 4) is 0 Å². The Labute approximate surface area is 792 Å². The summed E-state index contributed by atoms with van der Waals surface area (Å²) in [5, 5.41) is 262. The van der Waals surface area contributed by atoms with Gasteiger partial charge in [0.15, 0.2) is 28.5 Å². The highest BCUT2D eigenvalue weighted by molar-refractivity contribution is 8.76. The van der Waals surface area contributed by atoms with Crippen LogP contribution in [-0.4, -0.2) is 423 Å². The number of Topliss-reactive ketones (excluding diaryl/α,β-unsaturated/α-hetero) is 4. The second-order valence-corrected chi connectivity index (χ2v) is 34.9. The third-order valence-corrected chi connectivity index (χ3v) is 23.5. The molecule has 138 heavy (non-hydrogen) atoms. The molecule has 0 unspecified atom stereocenters. The first-order chi connectivity index (χ1) is 64.9. The number of aliphatic hydroxyl groups excluding tert-OH is 20. The van der Waals surface area contributed by atoms with Crippen molar-refractivity contribution in [2.24, 2.45) is 23.7 Å². The Morgan fingerprint density at radius 1 is 0.399 bits per heavy atom. The zero-order chi connectivity index (χ0) is 104. The number of hydrogen-bond acceptors (Lipinski definition) is 44. The molecule has 0 radical (unpaired) electrons. The van der Waals surface area contributed by atoms with Gasteiger partial charge < -0.3 is 176 Å². The van der Waals surface area contributed by atoms with Crippen LogP contribution in [0, 0.1) is 23.7 Å². The van der Waals surface area contributed by atoms with Gasteiger partial charge in [-0.3, -0.25) is 81.7 Å². The molecule has 3 rings (SSSR count). The number of H-pyrrole nitrogens is 1. The molecule has 1 aromatic carbocycles. The van der Waals surface area contributed by atoms with E-state index in [2.05, 4.69) is 67.8 Å². The molecule has 0 fully saturated rings. The molecule has 2 heterocycles. The summed E-state index contributed by atoms with van der Waals surface area (Å²) in [6.45, 7) is -8.24. The summed E-state index contributed by atoms with van der Waals surface area (Å²) >= 11 is 0. The molecule has 0 bridgehead atoms. The number of nitrogens with zero attached hydrogens (tertiary/aromatic N) is 3. The minimum Gasteiger partial charge on any atom is -0.481 e. The number of aromatic amines is 1. The summed E-state index contributed by atoms with van der Waals surface area (Å²) in [6.07, 6.45) is -48.2. The molecule has 3 aromatic rings. The summed E-state index contributed by atoms with van der Waals surface area (Å²) in [7, 11) is 2.08. The van der Waals surface area contributed by atoms with Crippen molar-refractivity contribution in [3.05, 3.63) is 52.1 Å². The number of carbonyl (C=O) groups is 16. The lowest BCUT2D eigenvalue weighted by atomic mass is 9.88. The van der Waals surface area contributed by atoms with Crippen molar-refractivity contribution in [2.75, 3.05) is 75.7 Å². The second-order valence-electron chi connectivity index (χ2n) is 32.3. The van der Waals surface area contributed by atoms with Gasteiger partial charge in [0.1, 0.15) is 85.1 Å². The number of aliphatic carboxylic acids is 4. The number of benzene rings is 1. The minimum atomic E-state index is -2.29. The molecular formula is C81H124N14O41S2. The van der Waals surface area contributed by atoms with Gasteiger partial charge in [-0.15, -0.1) is 0 Å². The molecular weight excluding hydrogens is 1890 g/mol. The number of ketones is 4. The maximum absolute atomic E-state index is 15.2. The molecule has 0 aliphatic heterocycles. The highest BCUT2D eigenvalue weighted by Crippen LogP contribution is 2.27. The fourth-order valence-electron chi connectivity index (χ4n) is 13.2. The number of fused-ring (bicyclic) bond motifs is 1. The van der Waals surface area contributed by atoms with Gasteiger partial charge in [-0.2, -0.15) is 4.98 Å². The number of carboxylic acids is 4. The number of carbonyl (C=O) groups excluding carboxylic acids is 12. The lowest BCUT2D eigenvalue weighted by Crippen LogP contribution is -2.50. The number of aliphatic hydroxyl groups is 20. The second kappa shape index (κ2) is 62.3. The van der Waals surface area contributed by atoms with Gasteiger partial charge in [-0.25, -0.2) is 14.8 Å². The maximum atomic E-state index is 15.2. The Bertz CT molecular complexity index is 4550. The van der Waals surface area contributed by atoms with Crippen LogP contribution >= 0.6 is 21.6 Å². The normalized spacial score (nSPS) is 16.8. The number of nitrogens with two attached hydrogens (primary N) is 1. The van der Waals surface area contributed by atoms with Gasteiger partial charge in [0.05, 0.1) is 93.3 Å². The fraction of sp³-hybridized carbons (Fsp3) is 0.654. The number of amides is 8.